The van der Waals surface area contributed by atoms with Crippen LogP contribution in [0, 0.1) is 29.5 Å². The van der Waals surface area contributed by atoms with Crippen LogP contribution in [-0.4, -0.2) is 13.1 Å². The van der Waals surface area contributed by atoms with Crippen molar-refractivity contribution in [3.05, 3.63) is 28.0 Å². The van der Waals surface area contributed by atoms with Crippen LogP contribution in [0.5, 0.6) is 0 Å². The Kier molecular flexibility index (Phi) is 5.00. The minimum absolute atomic E-state index is 0.190. The topological polar surface area (TPSA) is 27.0 Å². The molecule has 0 aliphatic heterocycles. The van der Waals surface area contributed by atoms with Gasteiger partial charge in [-0.25, -0.2) is 4.39 Å². The van der Waals surface area contributed by atoms with E-state index in [1.165, 1.54) is 0 Å². The largest absolute Gasteiger partial charge is 0.358 e. The maximum Gasteiger partial charge on any atom is 0.162 e. The minimum atomic E-state index is -0.437. The van der Waals surface area contributed by atoms with Crippen LogP contribution >= 0.6 is 15.9 Å². The minimum Gasteiger partial charge on any atom is -0.358 e. The van der Waals surface area contributed by atoms with E-state index in [-0.39, 0.29) is 10.0 Å². The van der Waals surface area contributed by atoms with Crippen LogP contribution in [0.25, 0.3) is 0 Å². The number of nitrogens with zero attached hydrogens (tertiary/aromatic N) is 2. The van der Waals surface area contributed by atoms with Gasteiger partial charge in [-0.2, -0.15) is 5.26 Å². The van der Waals surface area contributed by atoms with Crippen molar-refractivity contribution in [2.24, 2.45) is 0 Å². The van der Waals surface area contributed by atoms with Crippen LogP contribution in [0.4, 0.5) is 10.1 Å². The first-order valence-electron chi connectivity index (χ1n) is 5.22. The molecular formula is C13H12BrFN2. The summed E-state index contributed by atoms with van der Waals surface area (Å²) in [7, 11) is 0. The maximum atomic E-state index is 14.0. The summed E-state index contributed by atoms with van der Waals surface area (Å²) >= 11 is 3.09. The molecule has 0 heterocycles. The van der Waals surface area contributed by atoms with Gasteiger partial charge in [0.1, 0.15) is 6.07 Å². The Hall–Kier alpha value is -1.52. The zero-order valence-corrected chi connectivity index (χ0v) is 11.1. The molecule has 4 heteroatoms. The molecule has 0 aliphatic carbocycles. The molecular weight excluding hydrogens is 283 g/mol. The lowest BCUT2D eigenvalue weighted by Crippen LogP contribution is -2.25. The number of rotatable bonds is 4. The summed E-state index contributed by atoms with van der Waals surface area (Å²) in [6.07, 6.45) is 6.14. The second-order valence-corrected chi connectivity index (χ2v) is 4.29. The number of hydrogen-bond acceptors (Lipinski definition) is 2. The predicted molar refractivity (Wildman–Crippen MR) is 70.2 cm³/mol. The van der Waals surface area contributed by atoms with Gasteiger partial charge in [0.25, 0.3) is 0 Å². The highest BCUT2D eigenvalue weighted by Gasteiger charge is 2.15. The molecule has 0 unspecified atom stereocenters. The molecule has 17 heavy (non-hydrogen) atoms. The molecule has 0 spiro atoms. The van der Waals surface area contributed by atoms with Crippen molar-refractivity contribution >= 4 is 21.6 Å². The van der Waals surface area contributed by atoms with Crippen molar-refractivity contribution in [3.63, 3.8) is 0 Å². The molecule has 0 aliphatic rings. The van der Waals surface area contributed by atoms with Gasteiger partial charge in [0, 0.05) is 6.54 Å². The van der Waals surface area contributed by atoms with Crippen LogP contribution in [0.2, 0.25) is 0 Å². The summed E-state index contributed by atoms with van der Waals surface area (Å²) in [4.78, 5) is 1.78. The molecule has 0 N–H and O–H groups in total. The van der Waals surface area contributed by atoms with Gasteiger partial charge in [-0.15, -0.1) is 6.42 Å². The van der Waals surface area contributed by atoms with E-state index >= 15 is 0 Å². The van der Waals surface area contributed by atoms with Gasteiger partial charge in [0.2, 0.25) is 0 Å². The fourth-order valence-corrected chi connectivity index (χ4v) is 1.96. The average Bonchev–Trinajstić information content (AvgIpc) is 2.32. The first kappa shape index (κ1) is 13.5. The second kappa shape index (κ2) is 6.27. The third-order valence-electron chi connectivity index (χ3n) is 2.30. The van der Waals surface area contributed by atoms with Crippen molar-refractivity contribution in [3.8, 4) is 18.4 Å². The zero-order valence-electron chi connectivity index (χ0n) is 9.50. The third kappa shape index (κ3) is 2.99. The Balaban J connectivity index is 3.18. The van der Waals surface area contributed by atoms with E-state index in [0.29, 0.717) is 18.8 Å². The average molecular weight is 295 g/mol. The summed E-state index contributed by atoms with van der Waals surface area (Å²) < 4.78 is 14.2. The zero-order chi connectivity index (χ0) is 12.8. The van der Waals surface area contributed by atoms with Gasteiger partial charge in [-0.05, 0) is 34.5 Å². The summed E-state index contributed by atoms with van der Waals surface area (Å²) in [5.41, 5.74) is 0.707. The molecule has 0 saturated heterocycles. The molecule has 0 bridgehead atoms. The fraction of sp³-hybridized carbons (Fsp3) is 0.308. The Morgan fingerprint density at radius 2 is 2.24 bits per heavy atom. The SMILES string of the molecule is C#CCN(CCC)c1ccc(C#N)c(Br)c1F. The van der Waals surface area contributed by atoms with E-state index in [1.807, 2.05) is 13.0 Å². The number of anilines is 1. The van der Waals surface area contributed by atoms with Crippen molar-refractivity contribution in [2.45, 2.75) is 13.3 Å². The van der Waals surface area contributed by atoms with E-state index in [1.54, 1.807) is 17.0 Å². The molecule has 0 saturated carbocycles. The molecule has 0 aromatic heterocycles. The molecule has 0 fully saturated rings. The lowest BCUT2D eigenvalue weighted by atomic mass is 10.2. The molecule has 1 aromatic rings. The van der Waals surface area contributed by atoms with Crippen molar-refractivity contribution in [1.82, 2.24) is 0 Å². The lowest BCUT2D eigenvalue weighted by Gasteiger charge is -2.22. The maximum absolute atomic E-state index is 14.0. The Bertz CT molecular complexity index is 485. The Labute approximate surface area is 109 Å². The van der Waals surface area contributed by atoms with E-state index in [4.69, 9.17) is 11.7 Å². The Morgan fingerprint density at radius 3 is 2.76 bits per heavy atom. The lowest BCUT2D eigenvalue weighted by molar-refractivity contribution is 0.612. The summed E-state index contributed by atoms with van der Waals surface area (Å²) in [5, 5.41) is 8.79. The van der Waals surface area contributed by atoms with Crippen LogP contribution in [0.1, 0.15) is 18.9 Å². The fourth-order valence-electron chi connectivity index (χ4n) is 1.53. The number of halogens is 2. The van der Waals surface area contributed by atoms with E-state index in [2.05, 4.69) is 21.9 Å². The van der Waals surface area contributed by atoms with Crippen molar-refractivity contribution in [1.29, 1.82) is 5.26 Å². The normalized spacial score (nSPS) is 9.47. The highest BCUT2D eigenvalue weighted by Crippen LogP contribution is 2.29. The smallest absolute Gasteiger partial charge is 0.162 e. The monoisotopic (exact) mass is 294 g/mol. The van der Waals surface area contributed by atoms with Crippen LogP contribution in [-0.2, 0) is 0 Å². The first-order chi connectivity index (χ1) is 8.15. The molecule has 0 amide bonds. The van der Waals surface area contributed by atoms with E-state index in [0.717, 1.165) is 6.42 Å². The standard InChI is InChI=1S/C13H12BrFN2/c1-3-7-17(8-4-2)11-6-5-10(9-16)12(14)13(11)15/h1,5-6H,4,7-8H2,2H3. The van der Waals surface area contributed by atoms with Crippen LogP contribution < -0.4 is 4.90 Å². The van der Waals surface area contributed by atoms with Gasteiger partial charge in [0.15, 0.2) is 5.82 Å². The van der Waals surface area contributed by atoms with Gasteiger partial charge in [-0.3, -0.25) is 0 Å². The third-order valence-corrected chi connectivity index (χ3v) is 3.07. The van der Waals surface area contributed by atoms with Crippen molar-refractivity contribution < 1.29 is 4.39 Å². The quantitative estimate of drug-likeness (QED) is 0.797. The number of nitriles is 1. The Morgan fingerprint density at radius 1 is 1.53 bits per heavy atom. The molecule has 0 atom stereocenters. The first-order valence-corrected chi connectivity index (χ1v) is 6.01. The molecule has 88 valence electrons. The number of benzene rings is 1. The molecule has 1 aromatic carbocycles. The molecule has 0 radical (unpaired) electrons. The summed E-state index contributed by atoms with van der Waals surface area (Å²) in [6, 6.07) is 5.09. The number of terminal acetylenes is 1. The van der Waals surface area contributed by atoms with Crippen LogP contribution in [0.3, 0.4) is 0 Å². The second-order valence-electron chi connectivity index (χ2n) is 3.50. The van der Waals surface area contributed by atoms with Crippen molar-refractivity contribution in [2.75, 3.05) is 18.0 Å². The van der Waals surface area contributed by atoms with Gasteiger partial charge in [0.05, 0.1) is 22.3 Å². The van der Waals surface area contributed by atoms with Gasteiger partial charge < -0.3 is 4.90 Å². The highest BCUT2D eigenvalue weighted by molar-refractivity contribution is 9.10. The predicted octanol–water partition coefficient (Wildman–Crippen LogP) is 3.31. The summed E-state index contributed by atoms with van der Waals surface area (Å²) in [6.45, 7) is 3.03. The van der Waals surface area contributed by atoms with E-state index < -0.39 is 5.82 Å². The van der Waals surface area contributed by atoms with E-state index in [9.17, 15) is 4.39 Å². The number of hydrogen-bond donors (Lipinski definition) is 0. The molecule has 1 rings (SSSR count). The summed E-state index contributed by atoms with van der Waals surface area (Å²) in [5.74, 6) is 2.07. The molecule has 2 nitrogen and oxygen atoms in total. The van der Waals surface area contributed by atoms with Gasteiger partial charge in [-0.1, -0.05) is 12.8 Å². The van der Waals surface area contributed by atoms with Crippen LogP contribution in [0.15, 0.2) is 16.6 Å². The highest BCUT2D eigenvalue weighted by atomic mass is 79.9. The van der Waals surface area contributed by atoms with Gasteiger partial charge >= 0.3 is 0 Å².